The van der Waals surface area contributed by atoms with Crippen molar-refractivity contribution in [1.82, 2.24) is 10.4 Å². The molecule has 1 amide bonds. The molecule has 0 aliphatic heterocycles. The maximum Gasteiger partial charge on any atom is 0.345 e. The van der Waals surface area contributed by atoms with Crippen molar-refractivity contribution < 1.29 is 19.1 Å². The van der Waals surface area contributed by atoms with Crippen LogP contribution in [0.5, 0.6) is 11.5 Å². The van der Waals surface area contributed by atoms with Gasteiger partial charge in [0, 0.05) is 18.1 Å². The number of carbonyl (C=O) groups is 2. The monoisotopic (exact) mass is 404 g/mol. The summed E-state index contributed by atoms with van der Waals surface area (Å²) in [5.41, 5.74) is 4.27. The number of methoxy groups -OCH3 is 1. The minimum absolute atomic E-state index is 0.0912. The minimum Gasteiger partial charge on any atom is -0.493 e. The van der Waals surface area contributed by atoms with Crippen molar-refractivity contribution in [2.75, 3.05) is 19.0 Å². The number of amides is 1. The molecule has 2 aromatic carbocycles. The molecule has 152 valence electrons. The number of esters is 1. The van der Waals surface area contributed by atoms with Crippen molar-refractivity contribution in [2.24, 2.45) is 5.10 Å². The van der Waals surface area contributed by atoms with Gasteiger partial charge in [0.1, 0.15) is 0 Å². The van der Waals surface area contributed by atoms with Gasteiger partial charge in [-0.25, -0.2) is 10.2 Å². The summed E-state index contributed by atoms with van der Waals surface area (Å²) in [6, 6.07) is 17.6. The molecule has 0 unspecified atom stereocenters. The second kappa shape index (κ2) is 10.4. The van der Waals surface area contributed by atoms with E-state index in [-0.39, 0.29) is 18.2 Å². The molecule has 0 spiro atoms. The number of carbonyl (C=O) groups excluding carboxylic acids is 2. The molecular weight excluding hydrogens is 384 g/mol. The first kappa shape index (κ1) is 20.5. The highest BCUT2D eigenvalue weighted by molar-refractivity contribution is 5.91. The van der Waals surface area contributed by atoms with E-state index in [0.717, 1.165) is 5.69 Å². The molecule has 2 N–H and O–H groups in total. The summed E-state index contributed by atoms with van der Waals surface area (Å²) in [7, 11) is 1.47. The molecule has 30 heavy (non-hydrogen) atoms. The van der Waals surface area contributed by atoms with Crippen LogP contribution < -0.4 is 20.2 Å². The summed E-state index contributed by atoms with van der Waals surface area (Å²) in [6.07, 6.45) is 4.46. The Hall–Kier alpha value is -4.20. The van der Waals surface area contributed by atoms with Crippen LogP contribution in [-0.4, -0.2) is 36.7 Å². The molecule has 0 radical (unpaired) electrons. The molecule has 8 nitrogen and oxygen atoms in total. The number of hydrogen-bond donors (Lipinski definition) is 2. The van der Waals surface area contributed by atoms with Gasteiger partial charge in [-0.1, -0.05) is 18.2 Å². The normalized spacial score (nSPS) is 10.4. The van der Waals surface area contributed by atoms with Crippen LogP contribution in [-0.2, 0) is 4.79 Å². The fraction of sp³-hybridized carbons (Fsp3) is 0.0909. The first-order chi connectivity index (χ1) is 14.7. The fourth-order valence-corrected chi connectivity index (χ4v) is 2.45. The molecule has 1 aromatic heterocycles. The van der Waals surface area contributed by atoms with Crippen molar-refractivity contribution in [3.63, 3.8) is 0 Å². The van der Waals surface area contributed by atoms with E-state index in [1.54, 1.807) is 36.5 Å². The van der Waals surface area contributed by atoms with Crippen molar-refractivity contribution in [1.29, 1.82) is 0 Å². The largest absolute Gasteiger partial charge is 0.493 e. The van der Waals surface area contributed by atoms with E-state index < -0.39 is 5.97 Å². The summed E-state index contributed by atoms with van der Waals surface area (Å²) in [6.45, 7) is 0.0912. The zero-order valence-corrected chi connectivity index (χ0v) is 16.2. The predicted molar refractivity (Wildman–Crippen MR) is 113 cm³/mol. The molecule has 8 heteroatoms. The van der Waals surface area contributed by atoms with E-state index in [4.69, 9.17) is 9.47 Å². The highest BCUT2D eigenvalue weighted by Crippen LogP contribution is 2.28. The topological polar surface area (TPSA) is 102 Å². The quantitative estimate of drug-likeness (QED) is 0.259. The zero-order chi connectivity index (χ0) is 21.2. The van der Waals surface area contributed by atoms with Crippen molar-refractivity contribution in [2.45, 2.75) is 0 Å². The Balaban J connectivity index is 1.56. The average Bonchev–Trinajstić information content (AvgIpc) is 2.79. The Morgan fingerprint density at radius 1 is 1.07 bits per heavy atom. The van der Waals surface area contributed by atoms with Crippen LogP contribution in [0.2, 0.25) is 0 Å². The molecule has 0 saturated heterocycles. The number of benzene rings is 2. The molecule has 3 rings (SSSR count). The third-order valence-corrected chi connectivity index (χ3v) is 3.92. The molecule has 0 saturated carbocycles. The van der Waals surface area contributed by atoms with Crippen LogP contribution in [0.3, 0.4) is 0 Å². The Labute approximate surface area is 173 Å². The number of ether oxygens (including phenoxy) is 2. The lowest BCUT2D eigenvalue weighted by Gasteiger charge is -2.09. The summed E-state index contributed by atoms with van der Waals surface area (Å²) >= 11 is 0. The number of aromatic nitrogens is 1. The SMILES string of the molecule is COc1cc(C=NNC(=O)CNc2ccccc2)ccc1OC(=O)c1cccnc1. The Kier molecular flexibility index (Phi) is 7.10. The lowest BCUT2D eigenvalue weighted by molar-refractivity contribution is -0.119. The third kappa shape index (κ3) is 5.90. The first-order valence-corrected chi connectivity index (χ1v) is 9.07. The van der Waals surface area contributed by atoms with Crippen LogP contribution in [0.4, 0.5) is 5.69 Å². The highest BCUT2D eigenvalue weighted by atomic mass is 16.6. The van der Waals surface area contributed by atoms with E-state index in [0.29, 0.717) is 16.9 Å². The van der Waals surface area contributed by atoms with Crippen molar-refractivity contribution >= 4 is 23.8 Å². The first-order valence-electron chi connectivity index (χ1n) is 9.07. The summed E-state index contributed by atoms with van der Waals surface area (Å²) < 4.78 is 10.7. The van der Waals surface area contributed by atoms with Gasteiger partial charge in [-0.3, -0.25) is 9.78 Å². The number of nitrogens with one attached hydrogen (secondary N) is 2. The van der Waals surface area contributed by atoms with Gasteiger partial charge in [0.25, 0.3) is 5.91 Å². The lowest BCUT2D eigenvalue weighted by atomic mass is 10.2. The van der Waals surface area contributed by atoms with Gasteiger partial charge in [0.15, 0.2) is 11.5 Å². The fourth-order valence-electron chi connectivity index (χ4n) is 2.45. The smallest absolute Gasteiger partial charge is 0.345 e. The average molecular weight is 404 g/mol. The molecule has 0 aliphatic rings. The van der Waals surface area contributed by atoms with Gasteiger partial charge in [-0.2, -0.15) is 5.10 Å². The molecule has 0 aliphatic carbocycles. The van der Waals surface area contributed by atoms with Crippen LogP contribution in [0, 0.1) is 0 Å². The van der Waals surface area contributed by atoms with E-state index in [9.17, 15) is 9.59 Å². The van der Waals surface area contributed by atoms with Gasteiger partial charge >= 0.3 is 5.97 Å². The number of anilines is 1. The van der Waals surface area contributed by atoms with E-state index in [1.807, 2.05) is 30.3 Å². The molecule has 1 heterocycles. The number of nitrogens with zero attached hydrogens (tertiary/aromatic N) is 2. The molecule has 3 aromatic rings. The Morgan fingerprint density at radius 2 is 1.90 bits per heavy atom. The maximum absolute atomic E-state index is 12.2. The Bertz CT molecular complexity index is 1020. The van der Waals surface area contributed by atoms with Crippen molar-refractivity contribution in [3.8, 4) is 11.5 Å². The second-order valence-electron chi connectivity index (χ2n) is 6.05. The summed E-state index contributed by atoms with van der Waals surface area (Å²) in [5, 5.41) is 6.92. The van der Waals surface area contributed by atoms with Crippen molar-refractivity contribution in [3.05, 3.63) is 84.2 Å². The van der Waals surface area contributed by atoms with Crippen LogP contribution in [0.15, 0.2) is 78.2 Å². The number of pyridine rings is 1. The van der Waals surface area contributed by atoms with Gasteiger partial charge in [-0.15, -0.1) is 0 Å². The maximum atomic E-state index is 12.2. The minimum atomic E-state index is -0.541. The second-order valence-corrected chi connectivity index (χ2v) is 6.05. The molecular formula is C22H20N4O4. The van der Waals surface area contributed by atoms with Gasteiger partial charge in [0.2, 0.25) is 0 Å². The van der Waals surface area contributed by atoms with E-state index in [2.05, 4.69) is 20.8 Å². The molecule has 0 bridgehead atoms. The standard InChI is InChI=1S/C22H20N4O4/c1-29-20-12-16(9-10-19(20)30-22(28)17-6-5-11-23-14-17)13-25-26-21(27)15-24-18-7-3-2-4-8-18/h2-14,24H,15H2,1H3,(H,26,27). The molecule has 0 atom stereocenters. The highest BCUT2D eigenvalue weighted by Gasteiger charge is 2.12. The number of rotatable bonds is 8. The van der Waals surface area contributed by atoms with Gasteiger partial charge in [-0.05, 0) is 48.0 Å². The van der Waals surface area contributed by atoms with Crippen LogP contribution in [0.1, 0.15) is 15.9 Å². The van der Waals surface area contributed by atoms with Crippen LogP contribution >= 0.6 is 0 Å². The predicted octanol–water partition coefficient (Wildman–Crippen LogP) is 2.87. The zero-order valence-electron chi connectivity index (χ0n) is 16.2. The summed E-state index contributed by atoms with van der Waals surface area (Å²) in [5.74, 6) is -0.210. The van der Waals surface area contributed by atoms with Crippen LogP contribution in [0.25, 0.3) is 0 Å². The molecule has 0 fully saturated rings. The van der Waals surface area contributed by atoms with E-state index >= 15 is 0 Å². The lowest BCUT2D eigenvalue weighted by Crippen LogP contribution is -2.25. The Morgan fingerprint density at radius 3 is 2.63 bits per heavy atom. The number of hydrogen-bond acceptors (Lipinski definition) is 7. The summed E-state index contributed by atoms with van der Waals surface area (Å²) in [4.78, 5) is 27.9. The van der Waals surface area contributed by atoms with E-state index in [1.165, 1.54) is 19.5 Å². The number of para-hydroxylation sites is 1. The number of hydrazone groups is 1. The van der Waals surface area contributed by atoms with Gasteiger partial charge in [0.05, 0.1) is 25.4 Å². The third-order valence-electron chi connectivity index (χ3n) is 3.92. The van der Waals surface area contributed by atoms with Gasteiger partial charge < -0.3 is 14.8 Å².